The van der Waals surface area contributed by atoms with Gasteiger partial charge in [-0.15, -0.1) is 0 Å². The maximum Gasteiger partial charge on any atom is 0.133 e. The molecule has 0 radical (unpaired) electrons. The first-order valence-electron chi connectivity index (χ1n) is 5.74. The predicted molar refractivity (Wildman–Crippen MR) is 67.7 cm³/mol. The molecule has 0 saturated heterocycles. The minimum atomic E-state index is -1.07. The van der Waals surface area contributed by atoms with Crippen LogP contribution in [-0.2, 0) is 0 Å². The molecule has 0 saturated carbocycles. The summed E-state index contributed by atoms with van der Waals surface area (Å²) in [6.45, 7) is 4.15. The molecule has 1 aromatic rings. The monoisotopic (exact) mass is 306 g/mol. The maximum absolute atomic E-state index is 13.5. The molecule has 1 N–H and O–H groups in total. The molecule has 1 rings (SSSR count). The van der Waals surface area contributed by atoms with Gasteiger partial charge >= 0.3 is 0 Å². The van der Waals surface area contributed by atoms with Crippen molar-refractivity contribution in [3.63, 3.8) is 0 Å². The van der Waals surface area contributed by atoms with Gasteiger partial charge < -0.3 is 5.11 Å². The van der Waals surface area contributed by atoms with Crippen LogP contribution < -0.4 is 0 Å². The normalized spacial score (nSPS) is 13.1. The van der Waals surface area contributed by atoms with Crippen LogP contribution in [0.2, 0.25) is 0 Å². The van der Waals surface area contributed by atoms with E-state index in [9.17, 15) is 13.9 Å². The quantitative estimate of drug-likeness (QED) is 0.843. The molecule has 1 aromatic carbocycles. The zero-order chi connectivity index (χ0) is 13.0. The molecule has 0 aromatic heterocycles. The first kappa shape index (κ1) is 14.6. The summed E-state index contributed by atoms with van der Waals surface area (Å²) < 4.78 is 27.4. The molecule has 0 amide bonds. The Labute approximate surface area is 109 Å². The number of hydrogen-bond donors (Lipinski definition) is 1. The van der Waals surface area contributed by atoms with Crippen LogP contribution in [0, 0.1) is 17.6 Å². The molecule has 1 nitrogen and oxygen atoms in total. The minimum Gasteiger partial charge on any atom is -0.388 e. The van der Waals surface area contributed by atoms with Crippen LogP contribution in [0.3, 0.4) is 0 Å². The number of rotatable bonds is 5. The molecule has 96 valence electrons. The second-order valence-corrected chi connectivity index (χ2v) is 5.54. The zero-order valence-corrected chi connectivity index (χ0v) is 11.6. The van der Waals surface area contributed by atoms with E-state index in [4.69, 9.17) is 0 Å². The van der Waals surface area contributed by atoms with Crippen molar-refractivity contribution in [3.8, 4) is 0 Å². The number of aliphatic hydroxyl groups excluding tert-OH is 1. The van der Waals surface area contributed by atoms with Gasteiger partial charge in [0.15, 0.2) is 0 Å². The average Bonchev–Trinajstić information content (AvgIpc) is 2.14. The van der Waals surface area contributed by atoms with Crippen LogP contribution in [0.15, 0.2) is 16.6 Å². The van der Waals surface area contributed by atoms with Crippen molar-refractivity contribution in [1.82, 2.24) is 0 Å². The van der Waals surface area contributed by atoms with E-state index in [2.05, 4.69) is 29.8 Å². The molecule has 1 atom stereocenters. The fourth-order valence-corrected chi connectivity index (χ4v) is 2.14. The highest BCUT2D eigenvalue weighted by atomic mass is 79.9. The van der Waals surface area contributed by atoms with Crippen molar-refractivity contribution in [2.45, 2.75) is 39.2 Å². The lowest BCUT2D eigenvalue weighted by Crippen LogP contribution is -2.05. The summed E-state index contributed by atoms with van der Waals surface area (Å²) in [6.07, 6.45) is 1.01. The number of benzene rings is 1. The molecular formula is C13H17BrF2O. The fraction of sp³-hybridized carbons (Fsp3) is 0.538. The van der Waals surface area contributed by atoms with Crippen molar-refractivity contribution in [2.24, 2.45) is 5.92 Å². The van der Waals surface area contributed by atoms with Crippen LogP contribution in [0.25, 0.3) is 0 Å². The third-order valence-electron chi connectivity index (χ3n) is 2.64. The Bertz CT molecular complexity index is 357. The van der Waals surface area contributed by atoms with Crippen LogP contribution in [0.5, 0.6) is 0 Å². The molecule has 0 aliphatic heterocycles. The van der Waals surface area contributed by atoms with Gasteiger partial charge in [0.05, 0.1) is 11.7 Å². The summed E-state index contributed by atoms with van der Waals surface area (Å²) in [4.78, 5) is 0. The van der Waals surface area contributed by atoms with E-state index < -0.39 is 17.7 Å². The van der Waals surface area contributed by atoms with Gasteiger partial charge in [0.2, 0.25) is 0 Å². The summed E-state index contributed by atoms with van der Waals surface area (Å²) in [7, 11) is 0. The summed E-state index contributed by atoms with van der Waals surface area (Å²) in [5, 5.41) is 9.79. The molecule has 4 heteroatoms. The second kappa shape index (κ2) is 6.45. The molecule has 0 aliphatic rings. The van der Waals surface area contributed by atoms with E-state index in [0.29, 0.717) is 16.8 Å². The third kappa shape index (κ3) is 4.36. The lowest BCUT2D eigenvalue weighted by atomic mass is 9.99. The molecule has 1 unspecified atom stereocenters. The first-order valence-corrected chi connectivity index (χ1v) is 6.53. The molecule has 0 aliphatic carbocycles. The van der Waals surface area contributed by atoms with Gasteiger partial charge in [0, 0.05) is 4.47 Å². The van der Waals surface area contributed by atoms with Gasteiger partial charge in [-0.25, -0.2) is 8.78 Å². The Balaban J connectivity index is 2.72. The van der Waals surface area contributed by atoms with Crippen LogP contribution >= 0.6 is 15.9 Å². The van der Waals surface area contributed by atoms with Gasteiger partial charge in [0.1, 0.15) is 11.6 Å². The Morgan fingerprint density at radius 2 is 1.71 bits per heavy atom. The van der Waals surface area contributed by atoms with Crippen LogP contribution in [0.1, 0.15) is 44.8 Å². The third-order valence-corrected chi connectivity index (χ3v) is 3.09. The molecule has 0 spiro atoms. The largest absolute Gasteiger partial charge is 0.388 e. The van der Waals surface area contributed by atoms with E-state index in [1.54, 1.807) is 0 Å². The average molecular weight is 307 g/mol. The van der Waals surface area contributed by atoms with Gasteiger partial charge in [-0.3, -0.25) is 0 Å². The zero-order valence-electron chi connectivity index (χ0n) is 10.0. The Morgan fingerprint density at radius 1 is 1.18 bits per heavy atom. The van der Waals surface area contributed by atoms with Gasteiger partial charge in [-0.05, 0) is 24.5 Å². The molecule has 0 bridgehead atoms. The van der Waals surface area contributed by atoms with Crippen LogP contribution in [-0.4, -0.2) is 5.11 Å². The summed E-state index contributed by atoms with van der Waals surface area (Å²) in [5.41, 5.74) is -0.225. The van der Waals surface area contributed by atoms with E-state index in [1.165, 1.54) is 12.1 Å². The Morgan fingerprint density at radius 3 is 2.18 bits per heavy atom. The summed E-state index contributed by atoms with van der Waals surface area (Å²) in [6, 6.07) is 2.34. The van der Waals surface area contributed by atoms with Crippen molar-refractivity contribution in [3.05, 3.63) is 33.8 Å². The topological polar surface area (TPSA) is 20.2 Å². The highest BCUT2D eigenvalue weighted by Gasteiger charge is 2.18. The lowest BCUT2D eigenvalue weighted by Gasteiger charge is -2.14. The number of aliphatic hydroxyl groups is 1. The van der Waals surface area contributed by atoms with Gasteiger partial charge in [-0.1, -0.05) is 42.6 Å². The Kier molecular flexibility index (Phi) is 5.53. The van der Waals surface area contributed by atoms with E-state index in [1.807, 2.05) is 0 Å². The van der Waals surface area contributed by atoms with E-state index in [0.717, 1.165) is 12.8 Å². The lowest BCUT2D eigenvalue weighted by molar-refractivity contribution is 0.152. The highest BCUT2D eigenvalue weighted by Crippen LogP contribution is 2.28. The van der Waals surface area contributed by atoms with Gasteiger partial charge in [0.25, 0.3) is 0 Å². The maximum atomic E-state index is 13.5. The predicted octanol–water partition coefficient (Wildman–Crippen LogP) is 4.59. The number of hydrogen-bond acceptors (Lipinski definition) is 1. The van der Waals surface area contributed by atoms with E-state index >= 15 is 0 Å². The summed E-state index contributed by atoms with van der Waals surface area (Å²) >= 11 is 3.01. The molecular weight excluding hydrogens is 290 g/mol. The second-order valence-electron chi connectivity index (χ2n) is 4.62. The molecule has 0 fully saturated rings. The first-order chi connectivity index (χ1) is 7.91. The van der Waals surface area contributed by atoms with Gasteiger partial charge in [-0.2, -0.15) is 0 Å². The smallest absolute Gasteiger partial charge is 0.133 e. The highest BCUT2D eigenvalue weighted by molar-refractivity contribution is 9.10. The standard InChI is InChI=1S/C13H17BrF2O/c1-8(2)4-3-5-12(17)13-10(15)6-9(14)7-11(13)16/h6-8,12,17H,3-5H2,1-2H3. The number of halogens is 3. The minimum absolute atomic E-state index is 0.225. The SMILES string of the molecule is CC(C)CCCC(O)c1c(F)cc(Br)cc1F. The van der Waals surface area contributed by atoms with Crippen LogP contribution in [0.4, 0.5) is 8.78 Å². The van der Waals surface area contributed by atoms with Crippen molar-refractivity contribution in [2.75, 3.05) is 0 Å². The fourth-order valence-electron chi connectivity index (χ4n) is 1.74. The molecule has 17 heavy (non-hydrogen) atoms. The van der Waals surface area contributed by atoms with Crippen molar-refractivity contribution >= 4 is 15.9 Å². The van der Waals surface area contributed by atoms with Crippen molar-refractivity contribution < 1.29 is 13.9 Å². The Hall–Kier alpha value is -0.480. The summed E-state index contributed by atoms with van der Waals surface area (Å²) in [5.74, 6) is -0.871. The molecule has 0 heterocycles. The van der Waals surface area contributed by atoms with Crippen molar-refractivity contribution in [1.29, 1.82) is 0 Å². The van der Waals surface area contributed by atoms with E-state index in [-0.39, 0.29) is 5.56 Å².